The molecule has 0 amide bonds. The molecule has 4 nitrogen and oxygen atoms in total. The summed E-state index contributed by atoms with van der Waals surface area (Å²) >= 11 is 2.87. The van der Waals surface area contributed by atoms with E-state index < -0.39 is 10.0 Å². The maximum Gasteiger partial charge on any atom is 0.253 e. The molecule has 0 aliphatic heterocycles. The van der Waals surface area contributed by atoms with E-state index in [9.17, 15) is 8.42 Å². The molecule has 1 saturated carbocycles. The zero-order valence-corrected chi connectivity index (χ0v) is 13.3. The average Bonchev–Trinajstić information content (AvgIpc) is 2.96. The molecule has 0 aromatic carbocycles. The third-order valence-electron chi connectivity index (χ3n) is 3.27. The molecule has 108 valence electrons. The molecule has 0 bridgehead atoms. The van der Waals surface area contributed by atoms with Crippen LogP contribution in [0.25, 0.3) is 0 Å². The Morgan fingerprint density at radius 1 is 1.30 bits per heavy atom. The third-order valence-corrected chi connectivity index (χ3v) is 7.48. The van der Waals surface area contributed by atoms with Gasteiger partial charge in [0.25, 0.3) is 10.0 Å². The first-order chi connectivity index (χ1) is 9.61. The van der Waals surface area contributed by atoms with E-state index in [0.29, 0.717) is 17.3 Å². The molecule has 0 saturated heterocycles. The van der Waals surface area contributed by atoms with Crippen LogP contribution in [-0.4, -0.2) is 18.8 Å². The van der Waals surface area contributed by atoms with Crippen molar-refractivity contribution in [1.29, 1.82) is 0 Å². The Morgan fingerprint density at radius 3 is 2.65 bits per heavy atom. The predicted octanol–water partition coefficient (Wildman–Crippen LogP) is 2.62. The molecule has 0 unspecified atom stereocenters. The van der Waals surface area contributed by atoms with Gasteiger partial charge in [-0.2, -0.15) is 15.6 Å². The van der Waals surface area contributed by atoms with Crippen LogP contribution in [0.5, 0.6) is 0 Å². The van der Waals surface area contributed by atoms with E-state index in [1.165, 1.54) is 11.3 Å². The Bertz CT molecular complexity index is 672. The SMILES string of the molecule is NCc1ccc(S(=O)(=O)N(Cc2ccsc2)C2CC2)s1. The van der Waals surface area contributed by atoms with Crippen molar-refractivity contribution in [3.05, 3.63) is 39.4 Å². The summed E-state index contributed by atoms with van der Waals surface area (Å²) in [5.41, 5.74) is 6.62. The highest BCUT2D eigenvalue weighted by Crippen LogP contribution is 2.35. The number of hydrogen-bond acceptors (Lipinski definition) is 5. The highest BCUT2D eigenvalue weighted by molar-refractivity contribution is 7.91. The van der Waals surface area contributed by atoms with E-state index in [0.717, 1.165) is 23.3 Å². The quantitative estimate of drug-likeness (QED) is 0.886. The van der Waals surface area contributed by atoms with Crippen molar-refractivity contribution in [3.63, 3.8) is 0 Å². The van der Waals surface area contributed by atoms with Crippen molar-refractivity contribution in [2.24, 2.45) is 5.73 Å². The molecule has 7 heteroatoms. The van der Waals surface area contributed by atoms with Crippen molar-refractivity contribution >= 4 is 32.7 Å². The lowest BCUT2D eigenvalue weighted by molar-refractivity contribution is 0.400. The number of nitrogens with zero attached hydrogens (tertiary/aromatic N) is 1. The van der Waals surface area contributed by atoms with Crippen LogP contribution in [0.2, 0.25) is 0 Å². The predicted molar refractivity (Wildman–Crippen MR) is 82.3 cm³/mol. The lowest BCUT2D eigenvalue weighted by Gasteiger charge is -2.20. The van der Waals surface area contributed by atoms with Crippen LogP contribution in [0.1, 0.15) is 23.3 Å². The Hall–Kier alpha value is -0.730. The molecule has 1 fully saturated rings. The van der Waals surface area contributed by atoms with Gasteiger partial charge in [-0.15, -0.1) is 11.3 Å². The summed E-state index contributed by atoms with van der Waals surface area (Å²) in [5.74, 6) is 0. The van der Waals surface area contributed by atoms with E-state index in [4.69, 9.17) is 5.73 Å². The van der Waals surface area contributed by atoms with Crippen molar-refractivity contribution in [1.82, 2.24) is 4.31 Å². The Morgan fingerprint density at radius 2 is 2.10 bits per heavy atom. The van der Waals surface area contributed by atoms with Gasteiger partial charge in [-0.3, -0.25) is 0 Å². The molecule has 0 spiro atoms. The first kappa shape index (κ1) is 14.2. The molecule has 0 atom stereocenters. The molecule has 20 heavy (non-hydrogen) atoms. The summed E-state index contributed by atoms with van der Waals surface area (Å²) in [6, 6.07) is 5.61. The topological polar surface area (TPSA) is 63.4 Å². The lowest BCUT2D eigenvalue weighted by atomic mass is 10.3. The number of rotatable bonds is 6. The van der Waals surface area contributed by atoms with Crippen molar-refractivity contribution in [2.45, 2.75) is 36.2 Å². The highest BCUT2D eigenvalue weighted by Gasteiger charge is 2.38. The van der Waals surface area contributed by atoms with Gasteiger partial charge in [0.15, 0.2) is 0 Å². The summed E-state index contributed by atoms with van der Waals surface area (Å²) in [6.07, 6.45) is 1.91. The Labute approximate surface area is 126 Å². The monoisotopic (exact) mass is 328 g/mol. The number of nitrogens with two attached hydrogens (primary N) is 1. The van der Waals surface area contributed by atoms with Crippen molar-refractivity contribution < 1.29 is 8.42 Å². The molecule has 2 N–H and O–H groups in total. The first-order valence-corrected chi connectivity index (χ1v) is 9.63. The number of hydrogen-bond donors (Lipinski definition) is 1. The van der Waals surface area contributed by atoms with Crippen molar-refractivity contribution in [2.75, 3.05) is 0 Å². The second-order valence-electron chi connectivity index (χ2n) is 4.84. The maximum atomic E-state index is 12.8. The first-order valence-electron chi connectivity index (χ1n) is 6.43. The minimum Gasteiger partial charge on any atom is -0.326 e. The van der Waals surface area contributed by atoms with E-state index in [-0.39, 0.29) is 6.04 Å². The Kier molecular flexibility index (Phi) is 3.96. The summed E-state index contributed by atoms with van der Waals surface area (Å²) in [6.45, 7) is 0.848. The van der Waals surface area contributed by atoms with Gasteiger partial charge in [-0.05, 0) is 47.4 Å². The largest absolute Gasteiger partial charge is 0.326 e. The zero-order valence-electron chi connectivity index (χ0n) is 10.9. The normalized spacial score (nSPS) is 15.9. The summed E-state index contributed by atoms with van der Waals surface area (Å²) in [7, 11) is -3.40. The van der Waals surface area contributed by atoms with Crippen LogP contribution < -0.4 is 5.73 Å². The van der Waals surface area contributed by atoms with Gasteiger partial charge >= 0.3 is 0 Å². The second-order valence-corrected chi connectivity index (χ2v) is 8.90. The van der Waals surface area contributed by atoms with Gasteiger partial charge in [0.2, 0.25) is 0 Å². The van der Waals surface area contributed by atoms with Crippen LogP contribution in [-0.2, 0) is 23.1 Å². The van der Waals surface area contributed by atoms with Gasteiger partial charge in [-0.1, -0.05) is 0 Å². The number of sulfonamides is 1. The summed E-state index contributed by atoms with van der Waals surface area (Å²) < 4.78 is 27.6. The molecule has 1 aliphatic rings. The van der Waals surface area contributed by atoms with Gasteiger partial charge in [0, 0.05) is 24.0 Å². The van der Waals surface area contributed by atoms with E-state index in [1.807, 2.05) is 16.8 Å². The van der Waals surface area contributed by atoms with E-state index in [1.54, 1.807) is 27.8 Å². The molecule has 2 heterocycles. The molecule has 2 aromatic heterocycles. The maximum absolute atomic E-state index is 12.8. The second kappa shape index (κ2) is 5.57. The van der Waals surface area contributed by atoms with Gasteiger partial charge in [0.1, 0.15) is 4.21 Å². The minimum atomic E-state index is -3.40. The molecule has 3 rings (SSSR count). The summed E-state index contributed by atoms with van der Waals surface area (Å²) in [5, 5.41) is 3.98. The van der Waals surface area contributed by atoms with E-state index >= 15 is 0 Å². The standard InChI is InChI=1S/C13H16N2O2S3/c14-7-12-3-4-13(19-12)20(16,17)15(11-1-2-11)8-10-5-6-18-9-10/h3-6,9,11H,1-2,7-8,14H2. The van der Waals surface area contributed by atoms with Crippen LogP contribution >= 0.6 is 22.7 Å². The average molecular weight is 328 g/mol. The highest BCUT2D eigenvalue weighted by atomic mass is 32.2. The van der Waals surface area contributed by atoms with Gasteiger partial charge < -0.3 is 5.73 Å². The third kappa shape index (κ3) is 2.82. The fourth-order valence-electron chi connectivity index (χ4n) is 2.06. The number of thiophene rings is 2. The van der Waals surface area contributed by atoms with Gasteiger partial charge in [-0.25, -0.2) is 8.42 Å². The molecular weight excluding hydrogens is 312 g/mol. The van der Waals surface area contributed by atoms with Gasteiger partial charge in [0.05, 0.1) is 0 Å². The fourth-order valence-corrected chi connectivity index (χ4v) is 5.75. The fraction of sp³-hybridized carbons (Fsp3) is 0.385. The smallest absolute Gasteiger partial charge is 0.253 e. The van der Waals surface area contributed by atoms with Crippen molar-refractivity contribution in [3.8, 4) is 0 Å². The van der Waals surface area contributed by atoms with Crippen LogP contribution in [0.3, 0.4) is 0 Å². The summed E-state index contributed by atoms with van der Waals surface area (Å²) in [4.78, 5) is 0.898. The minimum absolute atomic E-state index is 0.156. The molecule has 1 aliphatic carbocycles. The van der Waals surface area contributed by atoms with Crippen LogP contribution in [0.4, 0.5) is 0 Å². The van der Waals surface area contributed by atoms with Crippen LogP contribution in [0, 0.1) is 0 Å². The molecule has 0 radical (unpaired) electrons. The van der Waals surface area contributed by atoms with E-state index in [2.05, 4.69) is 0 Å². The zero-order chi connectivity index (χ0) is 14.2. The Balaban J connectivity index is 1.89. The lowest BCUT2D eigenvalue weighted by Crippen LogP contribution is -2.32. The molecule has 2 aromatic rings. The van der Waals surface area contributed by atoms with Crippen LogP contribution in [0.15, 0.2) is 33.2 Å². The molecular formula is C13H16N2O2S3.